The summed E-state index contributed by atoms with van der Waals surface area (Å²) in [6.45, 7) is 1.37. The lowest BCUT2D eigenvalue weighted by Crippen LogP contribution is -2.42. The van der Waals surface area contributed by atoms with Crippen LogP contribution in [-0.2, 0) is 0 Å². The number of carbonyl (C=O) groups excluding carboxylic acids is 1. The molecule has 0 heterocycles. The van der Waals surface area contributed by atoms with Crippen LogP contribution >= 0.6 is 0 Å². The van der Waals surface area contributed by atoms with Crippen LogP contribution in [0.1, 0.15) is 36.0 Å². The molecule has 1 aromatic carbocycles. The van der Waals surface area contributed by atoms with Crippen LogP contribution in [-0.4, -0.2) is 41.5 Å². The van der Waals surface area contributed by atoms with Crippen molar-refractivity contribution in [2.75, 3.05) is 19.7 Å². The van der Waals surface area contributed by atoms with Gasteiger partial charge in [-0.25, -0.2) is 4.39 Å². The molecule has 4 heteroatoms. The first-order chi connectivity index (χ1) is 9.20. The lowest BCUT2D eigenvalue weighted by molar-refractivity contribution is 0.0841. The van der Waals surface area contributed by atoms with Crippen LogP contribution in [0.3, 0.4) is 0 Å². The van der Waals surface area contributed by atoms with Gasteiger partial charge >= 0.3 is 0 Å². The Morgan fingerprint density at radius 2 is 2.16 bits per heavy atom. The maximum absolute atomic E-state index is 13.0. The van der Waals surface area contributed by atoms with Crippen LogP contribution in [0.25, 0.3) is 0 Å². The van der Waals surface area contributed by atoms with E-state index in [0.717, 1.165) is 12.8 Å². The molecule has 0 radical (unpaired) electrons. The highest BCUT2D eigenvalue weighted by atomic mass is 19.1. The predicted octanol–water partition coefficient (Wildman–Crippen LogP) is 2.25. The Labute approximate surface area is 113 Å². The van der Waals surface area contributed by atoms with E-state index in [4.69, 9.17) is 5.11 Å². The molecule has 0 amide bonds. The van der Waals surface area contributed by atoms with Gasteiger partial charge in [0.05, 0.1) is 6.61 Å². The minimum atomic E-state index is -0.378. The summed E-state index contributed by atoms with van der Waals surface area (Å²) in [7, 11) is 0. The number of carbonyl (C=O) groups is 1. The second kappa shape index (κ2) is 6.78. The molecule has 1 aromatic rings. The molecule has 1 saturated carbocycles. The van der Waals surface area contributed by atoms with Crippen molar-refractivity contribution >= 4 is 5.78 Å². The topological polar surface area (TPSA) is 40.5 Å². The van der Waals surface area contributed by atoms with E-state index in [1.54, 1.807) is 12.1 Å². The second-order valence-electron chi connectivity index (χ2n) is 5.03. The summed E-state index contributed by atoms with van der Waals surface area (Å²) < 4.78 is 13.0. The first-order valence-corrected chi connectivity index (χ1v) is 6.84. The molecular formula is C15H20FNO2. The van der Waals surface area contributed by atoms with Crippen molar-refractivity contribution in [2.45, 2.75) is 31.7 Å². The summed E-state index contributed by atoms with van der Waals surface area (Å²) in [5.74, 6) is -0.418. The average Bonchev–Trinajstić information content (AvgIpc) is 2.33. The van der Waals surface area contributed by atoms with E-state index >= 15 is 0 Å². The largest absolute Gasteiger partial charge is 0.395 e. The molecular weight excluding hydrogens is 245 g/mol. The molecule has 3 nitrogen and oxygen atoms in total. The molecule has 1 fully saturated rings. The van der Waals surface area contributed by atoms with Crippen LogP contribution in [0, 0.1) is 5.82 Å². The van der Waals surface area contributed by atoms with Crippen LogP contribution in [0.2, 0.25) is 0 Å². The van der Waals surface area contributed by atoms with E-state index in [-0.39, 0.29) is 18.2 Å². The summed E-state index contributed by atoms with van der Waals surface area (Å²) in [5, 5.41) is 9.05. The smallest absolute Gasteiger partial charge is 0.164 e. The maximum Gasteiger partial charge on any atom is 0.164 e. The highest BCUT2D eigenvalue weighted by Crippen LogP contribution is 2.24. The fourth-order valence-electron chi connectivity index (χ4n) is 2.41. The fourth-order valence-corrected chi connectivity index (χ4v) is 2.41. The number of hydrogen-bond acceptors (Lipinski definition) is 3. The van der Waals surface area contributed by atoms with Crippen molar-refractivity contribution in [3.05, 3.63) is 35.6 Å². The van der Waals surface area contributed by atoms with E-state index in [2.05, 4.69) is 4.90 Å². The number of benzene rings is 1. The van der Waals surface area contributed by atoms with Gasteiger partial charge in [0.15, 0.2) is 5.78 Å². The minimum Gasteiger partial charge on any atom is -0.395 e. The quantitative estimate of drug-likeness (QED) is 0.769. The standard InChI is InChI=1S/C15H20FNO2/c16-13-4-1-3-12(11-13)15(19)7-8-17(9-10-18)14-5-2-6-14/h1,3-4,11,14,18H,2,5-10H2. The van der Waals surface area contributed by atoms with Gasteiger partial charge in [0.1, 0.15) is 5.82 Å². The summed E-state index contributed by atoms with van der Waals surface area (Å²) in [6.07, 6.45) is 3.90. The molecule has 0 aromatic heterocycles. The van der Waals surface area contributed by atoms with E-state index in [1.165, 1.54) is 18.6 Å². The third kappa shape index (κ3) is 3.85. The van der Waals surface area contributed by atoms with Gasteiger partial charge in [0.25, 0.3) is 0 Å². The van der Waals surface area contributed by atoms with Gasteiger partial charge in [-0.05, 0) is 25.0 Å². The highest BCUT2D eigenvalue weighted by molar-refractivity contribution is 5.96. The first kappa shape index (κ1) is 14.2. The molecule has 1 N–H and O–H groups in total. The lowest BCUT2D eigenvalue weighted by Gasteiger charge is -2.37. The number of aliphatic hydroxyl groups is 1. The second-order valence-corrected chi connectivity index (χ2v) is 5.03. The first-order valence-electron chi connectivity index (χ1n) is 6.84. The molecule has 0 atom stereocenters. The third-order valence-corrected chi connectivity index (χ3v) is 3.75. The van der Waals surface area contributed by atoms with Gasteiger partial charge in [0, 0.05) is 31.1 Å². The Hall–Kier alpha value is -1.26. The third-order valence-electron chi connectivity index (χ3n) is 3.75. The van der Waals surface area contributed by atoms with Crippen molar-refractivity contribution in [1.82, 2.24) is 4.90 Å². The van der Waals surface area contributed by atoms with Crippen LogP contribution in [0.5, 0.6) is 0 Å². The van der Waals surface area contributed by atoms with E-state index < -0.39 is 0 Å². The van der Waals surface area contributed by atoms with Crippen LogP contribution < -0.4 is 0 Å². The molecule has 104 valence electrons. The Bertz CT molecular complexity index is 432. The van der Waals surface area contributed by atoms with Gasteiger partial charge in [-0.2, -0.15) is 0 Å². The van der Waals surface area contributed by atoms with Crippen LogP contribution in [0.15, 0.2) is 24.3 Å². The number of ketones is 1. The van der Waals surface area contributed by atoms with Crippen molar-refractivity contribution < 1.29 is 14.3 Å². The highest BCUT2D eigenvalue weighted by Gasteiger charge is 2.24. The summed E-state index contributed by atoms with van der Waals surface area (Å²) in [6, 6.07) is 6.32. The molecule has 1 aliphatic carbocycles. The number of nitrogens with zero attached hydrogens (tertiary/aromatic N) is 1. The molecule has 1 aliphatic rings. The monoisotopic (exact) mass is 265 g/mol. The SMILES string of the molecule is O=C(CCN(CCO)C1CCC1)c1cccc(F)c1. The van der Waals surface area contributed by atoms with Crippen LogP contribution in [0.4, 0.5) is 4.39 Å². The molecule has 0 spiro atoms. The number of aliphatic hydroxyl groups excluding tert-OH is 1. The predicted molar refractivity (Wildman–Crippen MR) is 71.6 cm³/mol. The summed E-state index contributed by atoms with van der Waals surface area (Å²) >= 11 is 0. The van der Waals surface area contributed by atoms with Crippen molar-refractivity contribution in [3.63, 3.8) is 0 Å². The average molecular weight is 265 g/mol. The number of halogens is 1. The molecule has 2 rings (SSSR count). The zero-order chi connectivity index (χ0) is 13.7. The zero-order valence-electron chi connectivity index (χ0n) is 11.0. The van der Waals surface area contributed by atoms with Crippen molar-refractivity contribution in [1.29, 1.82) is 0 Å². The number of rotatable bonds is 7. The normalized spacial score (nSPS) is 15.5. The molecule has 0 saturated heterocycles. The van der Waals surface area contributed by atoms with E-state index in [1.807, 2.05) is 0 Å². The van der Waals surface area contributed by atoms with Gasteiger partial charge in [0.2, 0.25) is 0 Å². The van der Waals surface area contributed by atoms with Gasteiger partial charge < -0.3 is 5.11 Å². The minimum absolute atomic E-state index is 0.0400. The summed E-state index contributed by atoms with van der Waals surface area (Å²) in [4.78, 5) is 14.1. The van der Waals surface area contributed by atoms with Gasteiger partial charge in [-0.15, -0.1) is 0 Å². The van der Waals surface area contributed by atoms with E-state index in [0.29, 0.717) is 31.1 Å². The van der Waals surface area contributed by atoms with Crippen molar-refractivity contribution in [3.8, 4) is 0 Å². The van der Waals surface area contributed by atoms with Gasteiger partial charge in [-0.1, -0.05) is 18.6 Å². The van der Waals surface area contributed by atoms with Crippen molar-refractivity contribution in [2.24, 2.45) is 0 Å². The Kier molecular flexibility index (Phi) is 5.05. The number of hydrogen-bond donors (Lipinski definition) is 1. The zero-order valence-corrected chi connectivity index (χ0v) is 11.0. The molecule has 0 aliphatic heterocycles. The maximum atomic E-state index is 13.0. The summed E-state index contributed by atoms with van der Waals surface area (Å²) in [5.41, 5.74) is 0.428. The number of Topliss-reactive ketones (excluding diaryl/α,β-unsaturated/α-hetero) is 1. The Balaban J connectivity index is 1.87. The van der Waals surface area contributed by atoms with E-state index in [9.17, 15) is 9.18 Å². The molecule has 0 unspecified atom stereocenters. The Morgan fingerprint density at radius 3 is 2.74 bits per heavy atom. The fraction of sp³-hybridized carbons (Fsp3) is 0.533. The lowest BCUT2D eigenvalue weighted by atomic mass is 9.91. The van der Waals surface area contributed by atoms with Gasteiger partial charge in [-0.3, -0.25) is 9.69 Å². The molecule has 19 heavy (non-hydrogen) atoms. The Morgan fingerprint density at radius 1 is 1.37 bits per heavy atom. The molecule has 0 bridgehead atoms.